The van der Waals surface area contributed by atoms with E-state index in [1.807, 2.05) is 13.0 Å². The van der Waals surface area contributed by atoms with E-state index in [1.54, 1.807) is 12.1 Å². The zero-order chi connectivity index (χ0) is 10.6. The summed E-state index contributed by atoms with van der Waals surface area (Å²) in [5.41, 5.74) is 0.985. The van der Waals surface area contributed by atoms with E-state index < -0.39 is 0 Å². The van der Waals surface area contributed by atoms with E-state index in [0.29, 0.717) is 0 Å². The number of hydrogen-bond donors (Lipinski definition) is 0. The van der Waals surface area contributed by atoms with Crippen molar-refractivity contribution in [3.05, 3.63) is 35.6 Å². The van der Waals surface area contributed by atoms with Crippen molar-refractivity contribution in [2.75, 3.05) is 0 Å². The smallest absolute Gasteiger partial charge is 0.123 e. The lowest BCUT2D eigenvalue weighted by Gasteiger charge is -2.17. The molecule has 1 aromatic rings. The first-order valence-electron chi connectivity index (χ1n) is 5.04. The van der Waals surface area contributed by atoms with Crippen LogP contribution >= 0.6 is 11.6 Å². The predicted octanol–water partition coefficient (Wildman–Crippen LogP) is 4.34. The van der Waals surface area contributed by atoms with Crippen LogP contribution in [0.2, 0.25) is 0 Å². The van der Waals surface area contributed by atoms with Gasteiger partial charge in [-0.1, -0.05) is 32.4 Å². The molecule has 0 amide bonds. The molecule has 14 heavy (non-hydrogen) atoms. The molecule has 0 aromatic heterocycles. The summed E-state index contributed by atoms with van der Waals surface area (Å²) in [6.45, 7) is 4.15. The maximum Gasteiger partial charge on any atom is 0.123 e. The van der Waals surface area contributed by atoms with Gasteiger partial charge < -0.3 is 0 Å². The zero-order valence-corrected chi connectivity index (χ0v) is 9.39. The van der Waals surface area contributed by atoms with Crippen LogP contribution in [-0.4, -0.2) is 5.38 Å². The number of alkyl halides is 1. The average molecular weight is 215 g/mol. The Morgan fingerprint density at radius 3 is 2.71 bits per heavy atom. The maximum absolute atomic E-state index is 12.9. The van der Waals surface area contributed by atoms with Crippen LogP contribution in [-0.2, 0) is 0 Å². The van der Waals surface area contributed by atoms with E-state index in [-0.39, 0.29) is 17.1 Å². The Bertz CT molecular complexity index is 285. The molecule has 0 spiro atoms. The second kappa shape index (κ2) is 5.35. The Hall–Kier alpha value is -0.560. The van der Waals surface area contributed by atoms with E-state index in [1.165, 1.54) is 6.07 Å². The Labute approximate surface area is 90.1 Å². The molecule has 0 aliphatic rings. The summed E-state index contributed by atoms with van der Waals surface area (Å²) in [7, 11) is 0. The lowest BCUT2D eigenvalue weighted by molar-refractivity contribution is 0.606. The maximum atomic E-state index is 12.9. The van der Waals surface area contributed by atoms with Crippen LogP contribution in [0.4, 0.5) is 4.39 Å². The van der Waals surface area contributed by atoms with Gasteiger partial charge in [0.15, 0.2) is 0 Å². The van der Waals surface area contributed by atoms with Crippen LogP contribution in [0.5, 0.6) is 0 Å². The third-order valence-electron chi connectivity index (χ3n) is 2.48. The van der Waals surface area contributed by atoms with E-state index >= 15 is 0 Å². The first kappa shape index (κ1) is 11.5. The fourth-order valence-corrected chi connectivity index (χ4v) is 1.89. The molecular formula is C12H16ClF. The molecular weight excluding hydrogens is 199 g/mol. The fourth-order valence-electron chi connectivity index (χ4n) is 1.52. The van der Waals surface area contributed by atoms with Crippen molar-refractivity contribution >= 4 is 11.6 Å². The first-order chi connectivity index (χ1) is 6.65. The molecule has 0 N–H and O–H groups in total. The Balaban J connectivity index is 2.73. The van der Waals surface area contributed by atoms with Crippen molar-refractivity contribution in [2.45, 2.75) is 38.0 Å². The summed E-state index contributed by atoms with van der Waals surface area (Å²) in [4.78, 5) is 0. The molecule has 2 heteroatoms. The van der Waals surface area contributed by atoms with E-state index in [9.17, 15) is 4.39 Å². The van der Waals surface area contributed by atoms with Gasteiger partial charge in [-0.15, -0.1) is 11.6 Å². The monoisotopic (exact) mass is 214 g/mol. The SMILES string of the molecule is CCCC(Cl)C(C)c1cccc(F)c1. The summed E-state index contributed by atoms with van der Waals surface area (Å²) in [6, 6.07) is 6.69. The molecule has 0 bridgehead atoms. The number of rotatable bonds is 4. The fraction of sp³-hybridized carbons (Fsp3) is 0.500. The molecule has 78 valence electrons. The summed E-state index contributed by atoms with van der Waals surface area (Å²) in [5.74, 6) is 0.0297. The van der Waals surface area contributed by atoms with Crippen LogP contribution in [0.25, 0.3) is 0 Å². The first-order valence-corrected chi connectivity index (χ1v) is 5.48. The van der Waals surface area contributed by atoms with Crippen molar-refractivity contribution in [3.8, 4) is 0 Å². The van der Waals surface area contributed by atoms with E-state index in [0.717, 1.165) is 18.4 Å². The van der Waals surface area contributed by atoms with Gasteiger partial charge in [-0.05, 0) is 30.0 Å². The van der Waals surface area contributed by atoms with Gasteiger partial charge >= 0.3 is 0 Å². The topological polar surface area (TPSA) is 0 Å². The largest absolute Gasteiger partial charge is 0.207 e. The molecule has 0 aliphatic heterocycles. The molecule has 1 rings (SSSR count). The van der Waals surface area contributed by atoms with Gasteiger partial charge in [0.2, 0.25) is 0 Å². The summed E-state index contributed by atoms with van der Waals surface area (Å²) in [5, 5.41) is 0.0989. The summed E-state index contributed by atoms with van der Waals surface area (Å²) in [6.07, 6.45) is 2.03. The van der Waals surface area contributed by atoms with Gasteiger partial charge in [0.05, 0.1) is 0 Å². The lowest BCUT2D eigenvalue weighted by Crippen LogP contribution is -2.09. The third-order valence-corrected chi connectivity index (χ3v) is 3.08. The highest BCUT2D eigenvalue weighted by Crippen LogP contribution is 2.26. The van der Waals surface area contributed by atoms with Crippen molar-refractivity contribution in [3.63, 3.8) is 0 Å². The minimum Gasteiger partial charge on any atom is -0.207 e. The molecule has 1 aromatic carbocycles. The number of halogens is 2. The van der Waals surface area contributed by atoms with Crippen molar-refractivity contribution < 1.29 is 4.39 Å². The minimum absolute atomic E-state index is 0.0989. The molecule has 0 nitrogen and oxygen atoms in total. The Kier molecular flexibility index (Phi) is 4.40. The van der Waals surface area contributed by atoms with Crippen LogP contribution < -0.4 is 0 Å². The second-order valence-electron chi connectivity index (χ2n) is 3.65. The normalized spacial score (nSPS) is 15.1. The minimum atomic E-state index is -0.185. The van der Waals surface area contributed by atoms with Gasteiger partial charge in [0.25, 0.3) is 0 Å². The average Bonchev–Trinajstić information content (AvgIpc) is 2.17. The third kappa shape index (κ3) is 2.98. The van der Waals surface area contributed by atoms with Crippen molar-refractivity contribution in [1.82, 2.24) is 0 Å². The van der Waals surface area contributed by atoms with E-state index in [2.05, 4.69) is 6.92 Å². The molecule has 0 radical (unpaired) electrons. The lowest BCUT2D eigenvalue weighted by atomic mass is 9.95. The van der Waals surface area contributed by atoms with Crippen molar-refractivity contribution in [1.29, 1.82) is 0 Å². The number of hydrogen-bond acceptors (Lipinski definition) is 0. The molecule has 0 saturated heterocycles. The quantitative estimate of drug-likeness (QED) is 0.655. The van der Waals surface area contributed by atoms with Crippen molar-refractivity contribution in [2.24, 2.45) is 0 Å². The Morgan fingerprint density at radius 2 is 2.14 bits per heavy atom. The highest BCUT2D eigenvalue weighted by molar-refractivity contribution is 6.21. The van der Waals surface area contributed by atoms with Crippen LogP contribution in [0.3, 0.4) is 0 Å². The van der Waals surface area contributed by atoms with Crippen LogP contribution in [0.1, 0.15) is 38.2 Å². The zero-order valence-electron chi connectivity index (χ0n) is 8.63. The molecule has 0 fully saturated rings. The Morgan fingerprint density at radius 1 is 1.43 bits per heavy atom. The van der Waals surface area contributed by atoms with Gasteiger partial charge in [-0.25, -0.2) is 4.39 Å². The molecule has 0 saturated carbocycles. The van der Waals surface area contributed by atoms with Gasteiger partial charge in [-0.3, -0.25) is 0 Å². The van der Waals surface area contributed by atoms with Gasteiger partial charge in [-0.2, -0.15) is 0 Å². The summed E-state index contributed by atoms with van der Waals surface area (Å²) < 4.78 is 12.9. The van der Waals surface area contributed by atoms with Crippen LogP contribution in [0.15, 0.2) is 24.3 Å². The standard InChI is InChI=1S/C12H16ClF/c1-3-5-12(13)9(2)10-6-4-7-11(14)8-10/h4,6-9,12H,3,5H2,1-2H3. The highest BCUT2D eigenvalue weighted by atomic mass is 35.5. The second-order valence-corrected chi connectivity index (χ2v) is 4.21. The van der Waals surface area contributed by atoms with E-state index in [4.69, 9.17) is 11.6 Å². The molecule has 2 atom stereocenters. The number of benzene rings is 1. The van der Waals surface area contributed by atoms with Gasteiger partial charge in [0, 0.05) is 5.38 Å². The highest BCUT2D eigenvalue weighted by Gasteiger charge is 2.15. The molecule has 2 unspecified atom stereocenters. The molecule has 0 aliphatic carbocycles. The van der Waals surface area contributed by atoms with Gasteiger partial charge in [0.1, 0.15) is 5.82 Å². The summed E-state index contributed by atoms with van der Waals surface area (Å²) >= 11 is 6.20. The van der Waals surface area contributed by atoms with Crippen LogP contribution in [0, 0.1) is 5.82 Å². The predicted molar refractivity (Wildman–Crippen MR) is 59.4 cm³/mol. The molecule has 0 heterocycles.